The Morgan fingerprint density at radius 2 is 1.38 bits per heavy atom. The number of esters is 1. The van der Waals surface area contributed by atoms with Crippen LogP contribution in [0.25, 0.3) is 0 Å². The molecule has 3 aromatic carbocycles. The van der Waals surface area contributed by atoms with Gasteiger partial charge >= 0.3 is 5.97 Å². The molecule has 0 saturated carbocycles. The molecule has 0 bridgehead atoms. The first-order chi connectivity index (χ1) is 17.6. The predicted molar refractivity (Wildman–Crippen MR) is 153 cm³/mol. The van der Waals surface area contributed by atoms with E-state index in [4.69, 9.17) is 4.74 Å². The van der Waals surface area contributed by atoms with Gasteiger partial charge in [-0.05, 0) is 73.5 Å². The molecule has 0 radical (unpaired) electrons. The summed E-state index contributed by atoms with van der Waals surface area (Å²) in [7, 11) is 0. The molecule has 0 spiro atoms. The Labute approximate surface area is 230 Å². The van der Waals surface area contributed by atoms with E-state index in [-0.39, 0.29) is 34.7 Å². The van der Waals surface area contributed by atoms with Crippen LogP contribution >= 0.6 is 17.0 Å². The molecule has 3 aromatic rings. The molecule has 1 aliphatic carbocycles. The second kappa shape index (κ2) is 12.2. The van der Waals surface area contributed by atoms with E-state index in [1.807, 2.05) is 37.3 Å². The number of piperidine rings is 1. The molecule has 0 aromatic heterocycles. The summed E-state index contributed by atoms with van der Waals surface area (Å²) in [5.41, 5.74) is 5.33. The number of ketones is 1. The smallest absolute Gasteiger partial charge is 0.316 e. The van der Waals surface area contributed by atoms with Crippen LogP contribution in [0.1, 0.15) is 59.9 Å². The first-order valence-electron chi connectivity index (χ1n) is 13.3. The molecule has 5 rings (SSSR count). The highest BCUT2D eigenvalue weighted by Gasteiger charge is 2.44. The molecule has 1 fully saturated rings. The molecule has 1 heterocycles. The van der Waals surface area contributed by atoms with Gasteiger partial charge in [0.1, 0.15) is 5.78 Å². The number of halogens is 1. The van der Waals surface area contributed by atoms with Gasteiger partial charge < -0.3 is 9.64 Å². The molecule has 2 aliphatic rings. The molecule has 0 unspecified atom stereocenters. The lowest BCUT2D eigenvalue weighted by Gasteiger charge is -2.40. The lowest BCUT2D eigenvalue weighted by Crippen LogP contribution is -2.48. The summed E-state index contributed by atoms with van der Waals surface area (Å²) in [6, 6.07) is 26.9. The van der Waals surface area contributed by atoms with Crippen molar-refractivity contribution in [2.75, 3.05) is 26.2 Å². The lowest BCUT2D eigenvalue weighted by molar-refractivity contribution is -0.152. The second-order valence-corrected chi connectivity index (χ2v) is 10.1. The molecule has 4 nitrogen and oxygen atoms in total. The van der Waals surface area contributed by atoms with Crippen LogP contribution in [0.5, 0.6) is 0 Å². The zero-order valence-electron chi connectivity index (χ0n) is 21.5. The highest BCUT2D eigenvalue weighted by atomic mass is 79.9. The third kappa shape index (κ3) is 5.58. The number of fused-ring (bicyclic) bond motifs is 2. The number of aryl methyl sites for hydroxylation is 2. The number of Topliss-reactive ketones (excluding diaryl/α,β-unsaturated/α-hetero) is 1. The second-order valence-electron chi connectivity index (χ2n) is 10.1. The zero-order chi connectivity index (χ0) is 25.0. The van der Waals surface area contributed by atoms with Crippen LogP contribution in [0.15, 0.2) is 78.9 Å². The fraction of sp³-hybridized carbons (Fsp3) is 0.375. The average Bonchev–Trinajstić information content (AvgIpc) is 3.10. The number of nitrogens with zero attached hydrogens (tertiary/aromatic N) is 1. The van der Waals surface area contributed by atoms with Crippen LogP contribution in [0.3, 0.4) is 0 Å². The number of likely N-dealkylation sites (tertiary alicyclic amines) is 1. The molecule has 0 N–H and O–H groups in total. The first kappa shape index (κ1) is 27.3. The Bertz CT molecular complexity index is 1170. The van der Waals surface area contributed by atoms with Crippen molar-refractivity contribution in [3.8, 4) is 0 Å². The fourth-order valence-electron chi connectivity index (χ4n) is 6.08. The third-order valence-corrected chi connectivity index (χ3v) is 8.09. The maximum absolute atomic E-state index is 13.8. The minimum atomic E-state index is -0.600. The Morgan fingerprint density at radius 3 is 1.95 bits per heavy atom. The summed E-state index contributed by atoms with van der Waals surface area (Å²) in [5.74, 6) is -0.0479. The van der Waals surface area contributed by atoms with E-state index in [1.165, 1.54) is 11.1 Å². The van der Waals surface area contributed by atoms with Gasteiger partial charge in [-0.3, -0.25) is 9.59 Å². The molecule has 37 heavy (non-hydrogen) atoms. The van der Waals surface area contributed by atoms with E-state index in [9.17, 15) is 9.59 Å². The summed E-state index contributed by atoms with van der Waals surface area (Å²) in [6.07, 6.45) is 3.86. The van der Waals surface area contributed by atoms with Crippen molar-refractivity contribution in [1.29, 1.82) is 0 Å². The Hall–Kier alpha value is -2.76. The Morgan fingerprint density at radius 1 is 0.838 bits per heavy atom. The van der Waals surface area contributed by atoms with Gasteiger partial charge in [0, 0.05) is 13.0 Å². The number of rotatable bonds is 7. The Balaban J connectivity index is 0.00000320. The van der Waals surface area contributed by atoms with E-state index in [1.54, 1.807) is 0 Å². The highest BCUT2D eigenvalue weighted by molar-refractivity contribution is 8.93. The molecular formula is C32H36BrNO3. The van der Waals surface area contributed by atoms with Crippen LogP contribution < -0.4 is 0 Å². The zero-order valence-corrected chi connectivity index (χ0v) is 23.2. The summed E-state index contributed by atoms with van der Waals surface area (Å²) in [4.78, 5) is 29.2. The van der Waals surface area contributed by atoms with Gasteiger partial charge in [-0.2, -0.15) is 0 Å². The number of ether oxygens (including phenoxy) is 1. The number of hydrogen-bond donors (Lipinski definition) is 0. The first-order valence-corrected chi connectivity index (χ1v) is 13.3. The van der Waals surface area contributed by atoms with Gasteiger partial charge in [0.15, 0.2) is 0 Å². The van der Waals surface area contributed by atoms with E-state index < -0.39 is 5.41 Å². The van der Waals surface area contributed by atoms with Gasteiger partial charge in [0.25, 0.3) is 0 Å². The van der Waals surface area contributed by atoms with Crippen LogP contribution in [0, 0.1) is 0 Å². The largest absolute Gasteiger partial charge is 0.465 e. The minimum Gasteiger partial charge on any atom is -0.465 e. The van der Waals surface area contributed by atoms with Crippen LogP contribution in [-0.2, 0) is 32.6 Å². The number of carbonyl (C=O) groups excluding carboxylic acids is 2. The molecule has 1 saturated heterocycles. The standard InChI is InChI=1S/C32H35NO3.BrH/c1-2-36-31(35)32(26-12-4-3-5-13-26)19-22-33(23-20-32)21-18-29(34)30-27-14-8-6-10-24(27)16-17-25-11-7-9-15-28(25)30;/h3-15,30H,2,16-23H2,1H3;1H. The van der Waals surface area contributed by atoms with Crippen molar-refractivity contribution in [3.05, 3.63) is 107 Å². The molecule has 1 aliphatic heterocycles. The van der Waals surface area contributed by atoms with Crippen LogP contribution in [0.2, 0.25) is 0 Å². The van der Waals surface area contributed by atoms with E-state index in [0.29, 0.717) is 32.4 Å². The van der Waals surface area contributed by atoms with Crippen molar-refractivity contribution in [2.24, 2.45) is 0 Å². The van der Waals surface area contributed by atoms with E-state index in [0.717, 1.165) is 42.6 Å². The van der Waals surface area contributed by atoms with Crippen molar-refractivity contribution in [2.45, 2.75) is 50.4 Å². The summed E-state index contributed by atoms with van der Waals surface area (Å²) in [5, 5.41) is 0. The van der Waals surface area contributed by atoms with Crippen molar-refractivity contribution < 1.29 is 14.3 Å². The van der Waals surface area contributed by atoms with Crippen LogP contribution in [-0.4, -0.2) is 42.9 Å². The molecule has 0 amide bonds. The van der Waals surface area contributed by atoms with Gasteiger partial charge in [0.05, 0.1) is 17.9 Å². The van der Waals surface area contributed by atoms with Crippen molar-refractivity contribution >= 4 is 28.7 Å². The van der Waals surface area contributed by atoms with Crippen molar-refractivity contribution in [3.63, 3.8) is 0 Å². The Kier molecular flexibility index (Phi) is 8.99. The molecule has 5 heteroatoms. The monoisotopic (exact) mass is 561 g/mol. The predicted octanol–water partition coefficient (Wildman–Crippen LogP) is 6.05. The highest BCUT2D eigenvalue weighted by Crippen LogP contribution is 2.38. The molecular weight excluding hydrogens is 526 g/mol. The van der Waals surface area contributed by atoms with Gasteiger partial charge in [-0.1, -0.05) is 78.9 Å². The third-order valence-electron chi connectivity index (χ3n) is 8.09. The normalized spacial score (nSPS) is 17.0. The van der Waals surface area contributed by atoms with Gasteiger partial charge in [-0.25, -0.2) is 0 Å². The SMILES string of the molecule is Br.CCOC(=O)C1(c2ccccc2)CCN(CCC(=O)C2c3ccccc3CCc3ccccc32)CC1. The van der Waals surface area contributed by atoms with Crippen LogP contribution in [0.4, 0.5) is 0 Å². The summed E-state index contributed by atoms with van der Waals surface area (Å²) in [6.45, 7) is 4.52. The van der Waals surface area contributed by atoms with E-state index >= 15 is 0 Å². The lowest BCUT2D eigenvalue weighted by atomic mass is 9.72. The average molecular weight is 563 g/mol. The molecule has 194 valence electrons. The number of hydrogen-bond acceptors (Lipinski definition) is 4. The fourth-order valence-corrected chi connectivity index (χ4v) is 6.08. The van der Waals surface area contributed by atoms with E-state index in [2.05, 4.69) is 53.4 Å². The summed E-state index contributed by atoms with van der Waals surface area (Å²) < 4.78 is 5.52. The number of benzene rings is 3. The molecule has 0 atom stereocenters. The van der Waals surface area contributed by atoms with Gasteiger partial charge in [0.2, 0.25) is 0 Å². The number of carbonyl (C=O) groups is 2. The van der Waals surface area contributed by atoms with Gasteiger partial charge in [-0.15, -0.1) is 17.0 Å². The minimum absolute atomic E-state index is 0. The maximum atomic E-state index is 13.8. The maximum Gasteiger partial charge on any atom is 0.316 e. The quantitative estimate of drug-likeness (QED) is 0.329. The topological polar surface area (TPSA) is 46.6 Å². The van der Waals surface area contributed by atoms with Crippen molar-refractivity contribution in [1.82, 2.24) is 4.90 Å². The summed E-state index contributed by atoms with van der Waals surface area (Å²) >= 11 is 0.